The molecule has 0 saturated carbocycles. The maximum atomic E-state index is 5.87. The average molecular weight is 254 g/mol. The van der Waals surface area contributed by atoms with Gasteiger partial charge in [0.2, 0.25) is 0 Å². The number of hydrogen-bond donors (Lipinski definition) is 0. The zero-order chi connectivity index (χ0) is 12.5. The van der Waals surface area contributed by atoms with E-state index in [4.69, 9.17) is 11.6 Å². The van der Waals surface area contributed by atoms with E-state index in [1.165, 1.54) is 12.8 Å². The number of halogens is 1. The second-order valence-electron chi connectivity index (χ2n) is 5.83. The lowest BCUT2D eigenvalue weighted by molar-refractivity contribution is 0.198. The van der Waals surface area contributed by atoms with Crippen molar-refractivity contribution in [1.29, 1.82) is 0 Å². The lowest BCUT2D eigenvalue weighted by atomic mass is 9.75. The molecule has 2 heterocycles. The zero-order valence-electron chi connectivity index (χ0n) is 10.8. The Morgan fingerprint density at radius 3 is 2.41 bits per heavy atom. The lowest BCUT2D eigenvalue weighted by Crippen LogP contribution is -2.38. The molecule has 3 nitrogen and oxygen atoms in total. The van der Waals surface area contributed by atoms with Crippen LogP contribution in [0.1, 0.15) is 33.6 Å². The van der Waals surface area contributed by atoms with Crippen LogP contribution in [0.25, 0.3) is 0 Å². The van der Waals surface area contributed by atoms with Gasteiger partial charge in [0.1, 0.15) is 11.0 Å². The minimum absolute atomic E-state index is 0.409. The van der Waals surface area contributed by atoms with Gasteiger partial charge in [-0.3, -0.25) is 4.98 Å². The molecule has 1 aliphatic heterocycles. The van der Waals surface area contributed by atoms with Crippen molar-refractivity contribution in [2.75, 3.05) is 18.0 Å². The molecule has 1 aromatic heterocycles. The van der Waals surface area contributed by atoms with Crippen LogP contribution in [-0.4, -0.2) is 23.1 Å². The highest BCUT2D eigenvalue weighted by atomic mass is 35.5. The Morgan fingerprint density at radius 2 is 1.88 bits per heavy atom. The van der Waals surface area contributed by atoms with E-state index in [0.29, 0.717) is 10.6 Å². The van der Waals surface area contributed by atoms with Crippen molar-refractivity contribution in [3.05, 3.63) is 17.5 Å². The quantitative estimate of drug-likeness (QED) is 0.768. The maximum absolute atomic E-state index is 5.87. The van der Waals surface area contributed by atoms with Crippen LogP contribution in [0.4, 0.5) is 5.82 Å². The minimum atomic E-state index is 0.409. The summed E-state index contributed by atoms with van der Waals surface area (Å²) in [6, 6.07) is 0. The summed E-state index contributed by atoms with van der Waals surface area (Å²) in [4.78, 5) is 10.7. The van der Waals surface area contributed by atoms with Gasteiger partial charge in [0.05, 0.1) is 12.4 Å². The molecule has 1 fully saturated rings. The number of piperidine rings is 1. The van der Waals surface area contributed by atoms with Gasteiger partial charge in [0.25, 0.3) is 0 Å². The first-order chi connectivity index (χ1) is 7.97. The highest BCUT2D eigenvalue weighted by molar-refractivity contribution is 6.29. The molecule has 0 aromatic carbocycles. The monoisotopic (exact) mass is 253 g/mol. The Morgan fingerprint density at radius 1 is 1.24 bits per heavy atom. The van der Waals surface area contributed by atoms with E-state index in [1.54, 1.807) is 12.4 Å². The van der Waals surface area contributed by atoms with Gasteiger partial charge in [-0.15, -0.1) is 0 Å². The average Bonchev–Trinajstić information content (AvgIpc) is 2.28. The second-order valence-corrected chi connectivity index (χ2v) is 6.21. The molecule has 94 valence electrons. The lowest BCUT2D eigenvalue weighted by Gasteiger charge is -2.39. The molecule has 0 aliphatic carbocycles. The van der Waals surface area contributed by atoms with Crippen molar-refractivity contribution in [2.45, 2.75) is 33.6 Å². The summed E-state index contributed by atoms with van der Waals surface area (Å²) in [6.45, 7) is 9.08. The first-order valence-corrected chi connectivity index (χ1v) is 6.57. The highest BCUT2D eigenvalue weighted by Crippen LogP contribution is 2.35. The third kappa shape index (κ3) is 3.09. The summed E-state index contributed by atoms with van der Waals surface area (Å²) < 4.78 is 0. The van der Waals surface area contributed by atoms with Crippen LogP contribution in [0.2, 0.25) is 5.15 Å². The predicted molar refractivity (Wildman–Crippen MR) is 71.4 cm³/mol. The Labute approximate surface area is 108 Å². The van der Waals surface area contributed by atoms with Crippen LogP contribution in [-0.2, 0) is 0 Å². The van der Waals surface area contributed by atoms with E-state index in [9.17, 15) is 0 Å². The molecule has 1 saturated heterocycles. The summed E-state index contributed by atoms with van der Waals surface area (Å²) in [5.41, 5.74) is 0.409. The zero-order valence-corrected chi connectivity index (χ0v) is 11.5. The molecule has 0 spiro atoms. The Kier molecular flexibility index (Phi) is 3.57. The van der Waals surface area contributed by atoms with E-state index < -0.39 is 0 Å². The van der Waals surface area contributed by atoms with Crippen molar-refractivity contribution >= 4 is 17.4 Å². The van der Waals surface area contributed by atoms with Crippen LogP contribution in [0.3, 0.4) is 0 Å². The number of rotatable bonds is 1. The Bertz CT molecular complexity index is 378. The van der Waals surface area contributed by atoms with Gasteiger partial charge in [-0.05, 0) is 24.2 Å². The molecule has 0 atom stereocenters. The SMILES string of the molecule is CC(C)(C)C1CCN(c2cncc(Cl)n2)CC1. The van der Waals surface area contributed by atoms with E-state index >= 15 is 0 Å². The molecule has 0 bridgehead atoms. The number of nitrogens with zero attached hydrogens (tertiary/aromatic N) is 3. The Hall–Kier alpha value is -0.830. The summed E-state index contributed by atoms with van der Waals surface area (Å²) in [5.74, 6) is 1.70. The van der Waals surface area contributed by atoms with E-state index in [0.717, 1.165) is 24.8 Å². The van der Waals surface area contributed by atoms with Crippen molar-refractivity contribution in [3.8, 4) is 0 Å². The molecule has 0 amide bonds. The number of hydrogen-bond acceptors (Lipinski definition) is 3. The van der Waals surface area contributed by atoms with Crippen LogP contribution in [0.5, 0.6) is 0 Å². The third-order valence-electron chi connectivity index (χ3n) is 3.64. The molecule has 0 radical (unpaired) electrons. The maximum Gasteiger partial charge on any atom is 0.149 e. The molecule has 17 heavy (non-hydrogen) atoms. The summed E-state index contributed by atoms with van der Waals surface area (Å²) in [7, 11) is 0. The van der Waals surface area contributed by atoms with Crippen LogP contribution in [0, 0.1) is 11.3 Å². The van der Waals surface area contributed by atoms with Crippen LogP contribution >= 0.6 is 11.6 Å². The molecule has 1 aromatic rings. The Balaban J connectivity index is 2.00. The molecular weight excluding hydrogens is 234 g/mol. The van der Waals surface area contributed by atoms with Gasteiger partial charge in [0.15, 0.2) is 0 Å². The van der Waals surface area contributed by atoms with Gasteiger partial charge in [-0.1, -0.05) is 32.4 Å². The standard InChI is InChI=1S/C13H20ClN3/c1-13(2,3)10-4-6-17(7-5-10)12-9-15-8-11(14)16-12/h8-10H,4-7H2,1-3H3. The fraction of sp³-hybridized carbons (Fsp3) is 0.692. The normalized spacial score (nSPS) is 18.5. The van der Waals surface area contributed by atoms with E-state index in [2.05, 4.69) is 35.6 Å². The molecule has 0 N–H and O–H groups in total. The molecule has 0 unspecified atom stereocenters. The van der Waals surface area contributed by atoms with Crippen molar-refractivity contribution < 1.29 is 0 Å². The van der Waals surface area contributed by atoms with Crippen molar-refractivity contribution in [2.24, 2.45) is 11.3 Å². The second kappa shape index (κ2) is 4.81. The van der Waals surface area contributed by atoms with Crippen molar-refractivity contribution in [3.63, 3.8) is 0 Å². The van der Waals surface area contributed by atoms with Gasteiger partial charge >= 0.3 is 0 Å². The smallest absolute Gasteiger partial charge is 0.149 e. The summed E-state index contributed by atoms with van der Waals surface area (Å²) in [6.07, 6.45) is 5.81. The molecule has 1 aliphatic rings. The fourth-order valence-corrected chi connectivity index (χ4v) is 2.60. The van der Waals surface area contributed by atoms with Gasteiger partial charge < -0.3 is 4.90 Å². The van der Waals surface area contributed by atoms with Gasteiger partial charge in [-0.2, -0.15) is 0 Å². The van der Waals surface area contributed by atoms with E-state index in [-0.39, 0.29) is 0 Å². The molecule has 4 heteroatoms. The van der Waals surface area contributed by atoms with E-state index in [1.807, 2.05) is 0 Å². The third-order valence-corrected chi connectivity index (χ3v) is 3.82. The largest absolute Gasteiger partial charge is 0.355 e. The van der Waals surface area contributed by atoms with Crippen molar-refractivity contribution in [1.82, 2.24) is 9.97 Å². The first-order valence-electron chi connectivity index (χ1n) is 6.19. The minimum Gasteiger partial charge on any atom is -0.355 e. The predicted octanol–water partition coefficient (Wildman–Crippen LogP) is 3.39. The highest BCUT2D eigenvalue weighted by Gasteiger charge is 2.29. The number of aromatic nitrogens is 2. The van der Waals surface area contributed by atoms with Gasteiger partial charge in [0, 0.05) is 13.1 Å². The molecular formula is C13H20ClN3. The summed E-state index contributed by atoms with van der Waals surface area (Å²) in [5, 5.41) is 0.473. The number of anilines is 1. The first kappa shape index (κ1) is 12.6. The van der Waals surface area contributed by atoms with Crippen LogP contribution in [0.15, 0.2) is 12.4 Å². The topological polar surface area (TPSA) is 29.0 Å². The fourth-order valence-electron chi connectivity index (χ4n) is 2.46. The van der Waals surface area contributed by atoms with Crippen LogP contribution < -0.4 is 4.90 Å². The summed E-state index contributed by atoms with van der Waals surface area (Å²) >= 11 is 5.87. The molecule has 2 rings (SSSR count). The van der Waals surface area contributed by atoms with Gasteiger partial charge in [-0.25, -0.2) is 4.98 Å².